The van der Waals surface area contributed by atoms with Crippen molar-refractivity contribution >= 4 is 33.7 Å². The summed E-state index contributed by atoms with van der Waals surface area (Å²) in [6, 6.07) is 8.21. The van der Waals surface area contributed by atoms with Gasteiger partial charge in [-0.05, 0) is 40.4 Å². The van der Waals surface area contributed by atoms with Gasteiger partial charge in [-0.15, -0.1) is 11.8 Å². The maximum atomic E-state index is 14.8. The monoisotopic (exact) mass is 592 g/mol. The Labute approximate surface area is 213 Å². The summed E-state index contributed by atoms with van der Waals surface area (Å²) in [7, 11) is 2.01. The minimum absolute atomic E-state index is 0.0599. The first-order valence-corrected chi connectivity index (χ1v) is 11.9. The highest BCUT2D eigenvalue weighted by Gasteiger charge is 2.35. The number of aromatic nitrogens is 2. The number of thioether (sulfide) groups is 1. The normalized spacial score (nSPS) is 12.2. The van der Waals surface area contributed by atoms with Crippen LogP contribution in [-0.2, 0) is 22.8 Å². The van der Waals surface area contributed by atoms with E-state index in [0.29, 0.717) is 0 Å². The Morgan fingerprint density at radius 1 is 1.08 bits per heavy atom. The second-order valence-electron chi connectivity index (χ2n) is 7.03. The maximum Gasteiger partial charge on any atom is 0.431 e. The molecule has 3 aromatic rings. The molecule has 2 aromatic carbocycles. The lowest BCUT2D eigenvalue weighted by Crippen LogP contribution is -2.41. The number of alkyl halides is 3. The van der Waals surface area contributed by atoms with Crippen molar-refractivity contribution in [3.63, 3.8) is 0 Å². The second kappa shape index (κ2) is 10.8. The van der Waals surface area contributed by atoms with Gasteiger partial charge in [0.25, 0.3) is 5.56 Å². The molecule has 36 heavy (non-hydrogen) atoms. The maximum absolute atomic E-state index is 14.8. The van der Waals surface area contributed by atoms with Gasteiger partial charge in [0.1, 0.15) is 17.3 Å². The van der Waals surface area contributed by atoms with Crippen LogP contribution in [0.1, 0.15) is 5.69 Å². The van der Waals surface area contributed by atoms with Crippen molar-refractivity contribution in [1.82, 2.24) is 9.13 Å². The number of carbonyl (C=O) groups excluding carboxylic acids is 1. The molecule has 0 saturated carbocycles. The summed E-state index contributed by atoms with van der Waals surface area (Å²) in [6.45, 7) is 0. The number of para-hydroxylation sites is 2. The Hall–Kier alpha value is -3.26. The smallest absolute Gasteiger partial charge is 0.431 e. The summed E-state index contributed by atoms with van der Waals surface area (Å²) < 4.78 is 70.9. The van der Waals surface area contributed by atoms with Gasteiger partial charge in [0.2, 0.25) is 5.44 Å². The van der Waals surface area contributed by atoms with Gasteiger partial charge in [-0.1, -0.05) is 12.1 Å². The number of nitrogens with zero attached hydrogens (tertiary/aromatic N) is 2. The zero-order chi connectivity index (χ0) is 26.8. The fourth-order valence-corrected chi connectivity index (χ4v) is 3.93. The molecule has 0 bridgehead atoms. The largest absolute Gasteiger partial charge is 0.466 e. The SMILES string of the molecule is COC(=O)C(Oc1ccccc1Oc1cc(-n2c(=O)cc(C(F)(F)F)n(C)c2=O)c(F)cc1Br)SC. The molecule has 1 aromatic heterocycles. The van der Waals surface area contributed by atoms with E-state index >= 15 is 0 Å². The topological polar surface area (TPSA) is 88.8 Å². The molecule has 0 aliphatic heterocycles. The average molecular weight is 593 g/mol. The van der Waals surface area contributed by atoms with Crippen LogP contribution in [0.25, 0.3) is 5.69 Å². The first-order chi connectivity index (χ1) is 16.9. The van der Waals surface area contributed by atoms with Gasteiger partial charge in [0, 0.05) is 19.2 Å². The fourth-order valence-electron chi connectivity index (χ4n) is 3.04. The molecule has 0 aliphatic carbocycles. The molecule has 0 N–H and O–H groups in total. The third-order valence-corrected chi connectivity index (χ3v) is 6.10. The van der Waals surface area contributed by atoms with Crippen LogP contribution in [0, 0.1) is 5.82 Å². The van der Waals surface area contributed by atoms with E-state index in [-0.39, 0.29) is 36.9 Å². The molecule has 14 heteroatoms. The van der Waals surface area contributed by atoms with Crippen LogP contribution in [0.3, 0.4) is 0 Å². The van der Waals surface area contributed by atoms with Crippen LogP contribution < -0.4 is 20.7 Å². The van der Waals surface area contributed by atoms with E-state index in [1.54, 1.807) is 18.4 Å². The van der Waals surface area contributed by atoms with E-state index in [1.807, 2.05) is 0 Å². The molecular formula is C22H17BrF4N2O6S. The molecule has 1 unspecified atom stereocenters. The van der Waals surface area contributed by atoms with Gasteiger partial charge >= 0.3 is 17.8 Å². The molecule has 192 valence electrons. The molecule has 1 heterocycles. The van der Waals surface area contributed by atoms with Gasteiger partial charge in [-0.3, -0.25) is 9.36 Å². The predicted octanol–water partition coefficient (Wildman–Crippen LogP) is 4.49. The number of hydrogen-bond acceptors (Lipinski definition) is 7. The van der Waals surface area contributed by atoms with Crippen molar-refractivity contribution in [3.8, 4) is 22.9 Å². The van der Waals surface area contributed by atoms with E-state index in [1.165, 1.54) is 19.2 Å². The minimum atomic E-state index is -4.97. The summed E-state index contributed by atoms with van der Waals surface area (Å²) >= 11 is 4.18. The lowest BCUT2D eigenvalue weighted by molar-refractivity contribution is -0.145. The fraction of sp³-hybridized carbons (Fsp3) is 0.227. The molecule has 0 saturated heterocycles. The van der Waals surface area contributed by atoms with Crippen molar-refractivity contribution in [1.29, 1.82) is 0 Å². The highest BCUT2D eigenvalue weighted by molar-refractivity contribution is 9.10. The van der Waals surface area contributed by atoms with E-state index in [2.05, 4.69) is 20.7 Å². The van der Waals surface area contributed by atoms with Gasteiger partial charge in [-0.2, -0.15) is 13.2 Å². The van der Waals surface area contributed by atoms with Gasteiger partial charge in [0.05, 0.1) is 17.3 Å². The van der Waals surface area contributed by atoms with Crippen LogP contribution >= 0.6 is 27.7 Å². The van der Waals surface area contributed by atoms with Gasteiger partial charge in [-0.25, -0.2) is 18.5 Å². The highest BCUT2D eigenvalue weighted by Crippen LogP contribution is 2.38. The molecular weight excluding hydrogens is 576 g/mol. The summed E-state index contributed by atoms with van der Waals surface area (Å²) in [5, 5.41) is 0. The first kappa shape index (κ1) is 27.3. The van der Waals surface area contributed by atoms with E-state index in [9.17, 15) is 31.9 Å². The Balaban J connectivity index is 2.09. The number of ether oxygens (including phenoxy) is 3. The Morgan fingerprint density at radius 2 is 1.72 bits per heavy atom. The minimum Gasteiger partial charge on any atom is -0.466 e. The average Bonchev–Trinajstić information content (AvgIpc) is 2.82. The molecule has 0 aliphatic rings. The number of esters is 1. The number of rotatable bonds is 7. The molecule has 1 atom stereocenters. The zero-order valence-corrected chi connectivity index (χ0v) is 21.2. The van der Waals surface area contributed by atoms with Crippen LogP contribution in [-0.4, -0.2) is 33.9 Å². The summed E-state index contributed by atoms with van der Waals surface area (Å²) in [4.78, 5) is 36.9. The molecule has 0 spiro atoms. The van der Waals surface area contributed by atoms with Crippen molar-refractivity contribution < 1.29 is 36.6 Å². The third-order valence-electron chi connectivity index (χ3n) is 4.76. The van der Waals surface area contributed by atoms with Crippen LogP contribution in [0.5, 0.6) is 17.2 Å². The lowest BCUT2D eigenvalue weighted by atomic mass is 10.2. The van der Waals surface area contributed by atoms with Crippen molar-refractivity contribution in [3.05, 3.63) is 79.3 Å². The van der Waals surface area contributed by atoms with E-state index in [4.69, 9.17) is 9.47 Å². The predicted molar refractivity (Wildman–Crippen MR) is 126 cm³/mol. The Kier molecular flexibility index (Phi) is 8.19. The molecule has 0 amide bonds. The summed E-state index contributed by atoms with van der Waals surface area (Å²) in [5.74, 6) is -1.64. The molecule has 8 nitrogen and oxygen atoms in total. The number of hydrogen-bond donors (Lipinski definition) is 0. The standard InChI is InChI=1S/C22H17BrF4N2O6S/c1-28-17(22(25,26)27)10-18(30)29(21(28)32)13-9-16(11(23)8-12(13)24)34-14-6-4-5-7-15(14)35-20(36-3)19(31)33-2/h4-10,20H,1-3H3. The van der Waals surface area contributed by atoms with Crippen LogP contribution in [0.4, 0.5) is 17.6 Å². The van der Waals surface area contributed by atoms with Gasteiger partial charge < -0.3 is 14.2 Å². The quantitative estimate of drug-likeness (QED) is 0.227. The van der Waals surface area contributed by atoms with Crippen molar-refractivity contribution in [2.45, 2.75) is 11.6 Å². The molecule has 0 radical (unpaired) electrons. The summed E-state index contributed by atoms with van der Waals surface area (Å²) in [5.41, 5.74) is -5.94. The van der Waals surface area contributed by atoms with E-state index < -0.39 is 46.0 Å². The zero-order valence-electron chi connectivity index (χ0n) is 18.8. The Bertz CT molecular complexity index is 1420. The molecule has 0 fully saturated rings. The number of carbonyl (C=O) groups is 1. The Morgan fingerprint density at radius 3 is 2.31 bits per heavy atom. The first-order valence-electron chi connectivity index (χ1n) is 9.83. The lowest BCUT2D eigenvalue weighted by Gasteiger charge is -2.18. The summed E-state index contributed by atoms with van der Waals surface area (Å²) in [6.07, 6.45) is -3.35. The van der Waals surface area contributed by atoms with Crippen LogP contribution in [0.15, 0.2) is 56.5 Å². The van der Waals surface area contributed by atoms with Gasteiger partial charge in [0.15, 0.2) is 11.5 Å². The highest BCUT2D eigenvalue weighted by atomic mass is 79.9. The van der Waals surface area contributed by atoms with Crippen molar-refractivity contribution in [2.24, 2.45) is 7.05 Å². The number of benzene rings is 2. The molecule has 3 rings (SSSR count). The third kappa shape index (κ3) is 5.59. The second-order valence-corrected chi connectivity index (χ2v) is 8.79. The van der Waals surface area contributed by atoms with Crippen LogP contribution in [0.2, 0.25) is 0 Å². The van der Waals surface area contributed by atoms with E-state index in [0.717, 1.165) is 30.9 Å². The number of methoxy groups -OCH3 is 1. The van der Waals surface area contributed by atoms with Crippen molar-refractivity contribution in [2.75, 3.05) is 13.4 Å². The number of halogens is 5.